The predicted octanol–water partition coefficient (Wildman–Crippen LogP) is 4.75. The maximum Gasteiger partial charge on any atom is 0.305 e. The third-order valence-electron chi connectivity index (χ3n) is 7.35. The fourth-order valence-corrected chi connectivity index (χ4v) is 5.44. The molecule has 2 saturated heterocycles. The lowest BCUT2D eigenvalue weighted by Gasteiger charge is -2.50. The Morgan fingerprint density at radius 1 is 0.674 bits per heavy atom. The van der Waals surface area contributed by atoms with Gasteiger partial charge in [-0.05, 0) is 16.7 Å². The van der Waals surface area contributed by atoms with E-state index in [1.165, 1.54) is 13.8 Å². The number of ether oxygens (including phenoxy) is 7. The fraction of sp³-hybridized carbons (Fsp3) is 0.412. The van der Waals surface area contributed by atoms with Gasteiger partial charge in [0.05, 0.1) is 32.5 Å². The summed E-state index contributed by atoms with van der Waals surface area (Å²) >= 11 is 0. The number of fused-ring (bicyclic) bond motifs is 1. The summed E-state index contributed by atoms with van der Waals surface area (Å²) in [7, 11) is 0. The van der Waals surface area contributed by atoms with Crippen molar-refractivity contribution in [3.8, 4) is 0 Å². The van der Waals surface area contributed by atoms with Gasteiger partial charge in [0.1, 0.15) is 24.4 Å². The van der Waals surface area contributed by atoms with Crippen molar-refractivity contribution < 1.29 is 42.7 Å². The van der Waals surface area contributed by atoms with Crippen molar-refractivity contribution in [1.29, 1.82) is 0 Å². The fourth-order valence-electron chi connectivity index (χ4n) is 5.44. The molecular formula is C34H38O9. The largest absolute Gasteiger partial charge is 0.456 e. The number of rotatable bonds is 12. The summed E-state index contributed by atoms with van der Waals surface area (Å²) in [5, 5.41) is 0. The average Bonchev–Trinajstić information content (AvgIpc) is 3.00. The van der Waals surface area contributed by atoms with E-state index in [0.717, 1.165) is 16.7 Å². The van der Waals surface area contributed by atoms with E-state index in [0.29, 0.717) is 19.8 Å². The van der Waals surface area contributed by atoms with Gasteiger partial charge in [0.25, 0.3) is 0 Å². The molecule has 43 heavy (non-hydrogen) atoms. The highest BCUT2D eigenvalue weighted by Crippen LogP contribution is 2.37. The van der Waals surface area contributed by atoms with Crippen LogP contribution in [-0.2, 0) is 62.6 Å². The Morgan fingerprint density at radius 2 is 1.19 bits per heavy atom. The molecule has 0 aromatic heterocycles. The Balaban J connectivity index is 1.42. The molecular weight excluding hydrogens is 552 g/mol. The summed E-state index contributed by atoms with van der Waals surface area (Å²) in [6, 6.07) is 29.6. The summed E-state index contributed by atoms with van der Waals surface area (Å²) < 4.78 is 43.1. The Labute approximate surface area is 251 Å². The molecule has 2 fully saturated rings. The van der Waals surface area contributed by atoms with Crippen LogP contribution in [0.2, 0.25) is 0 Å². The molecule has 0 radical (unpaired) electrons. The maximum absolute atomic E-state index is 12.0. The molecule has 0 saturated carbocycles. The SMILES string of the molecule is CC(=O)O[C@@H]1O[C@@H]2[C@@H](OCc3ccccc3)[C@H](OCc3ccccc3)[C@@H](COCc3ccccc3)O[C@@H]2C[C@H]1OC(C)=O. The topological polar surface area (TPSA) is 98.8 Å². The molecule has 0 amide bonds. The molecule has 9 heteroatoms. The van der Waals surface area contributed by atoms with Crippen molar-refractivity contribution in [2.24, 2.45) is 0 Å². The number of benzene rings is 3. The van der Waals surface area contributed by atoms with Gasteiger partial charge in [-0.25, -0.2) is 0 Å². The Kier molecular flexibility index (Phi) is 10.9. The molecule has 0 aliphatic carbocycles. The molecule has 2 heterocycles. The number of carbonyl (C=O) groups is 2. The Morgan fingerprint density at radius 3 is 1.72 bits per heavy atom. The smallest absolute Gasteiger partial charge is 0.305 e. The van der Waals surface area contributed by atoms with Crippen LogP contribution in [0.5, 0.6) is 0 Å². The summed E-state index contributed by atoms with van der Waals surface area (Å²) in [6.45, 7) is 3.83. The minimum Gasteiger partial charge on any atom is -0.456 e. The minimum absolute atomic E-state index is 0.231. The second-order valence-corrected chi connectivity index (χ2v) is 10.7. The third-order valence-corrected chi connectivity index (χ3v) is 7.35. The van der Waals surface area contributed by atoms with Crippen molar-refractivity contribution in [3.63, 3.8) is 0 Å². The van der Waals surface area contributed by atoms with E-state index < -0.39 is 54.9 Å². The summed E-state index contributed by atoms with van der Waals surface area (Å²) in [6.07, 6.45) is -4.67. The average molecular weight is 591 g/mol. The first-order valence-electron chi connectivity index (χ1n) is 14.5. The van der Waals surface area contributed by atoms with Gasteiger partial charge >= 0.3 is 11.9 Å². The van der Waals surface area contributed by atoms with Gasteiger partial charge in [0, 0.05) is 20.3 Å². The van der Waals surface area contributed by atoms with E-state index in [2.05, 4.69) is 0 Å². The van der Waals surface area contributed by atoms with E-state index in [-0.39, 0.29) is 13.0 Å². The highest BCUT2D eigenvalue weighted by Gasteiger charge is 2.54. The van der Waals surface area contributed by atoms with Gasteiger partial charge in [-0.2, -0.15) is 0 Å². The quantitative estimate of drug-likeness (QED) is 0.277. The van der Waals surface area contributed by atoms with Crippen LogP contribution in [0.3, 0.4) is 0 Å². The molecule has 3 aromatic carbocycles. The van der Waals surface area contributed by atoms with E-state index >= 15 is 0 Å². The highest BCUT2D eigenvalue weighted by atomic mass is 16.7. The number of esters is 2. The molecule has 3 aromatic rings. The third kappa shape index (κ3) is 8.72. The van der Waals surface area contributed by atoms with Crippen molar-refractivity contribution in [2.75, 3.05) is 6.61 Å². The lowest BCUT2D eigenvalue weighted by atomic mass is 9.89. The predicted molar refractivity (Wildman–Crippen MR) is 155 cm³/mol. The van der Waals surface area contributed by atoms with Gasteiger partial charge in [-0.15, -0.1) is 0 Å². The zero-order valence-corrected chi connectivity index (χ0v) is 24.4. The number of hydrogen-bond acceptors (Lipinski definition) is 9. The van der Waals surface area contributed by atoms with E-state index in [1.54, 1.807) is 0 Å². The lowest BCUT2D eigenvalue weighted by Crippen LogP contribution is -2.65. The Hall–Kier alpha value is -3.60. The van der Waals surface area contributed by atoms with Crippen molar-refractivity contribution >= 4 is 11.9 Å². The van der Waals surface area contributed by atoms with Crippen molar-refractivity contribution in [2.45, 2.75) is 83.0 Å². The standard InChI is InChI=1S/C34H38O9/c1-23(35)40-29-18-28-32(43-34(29)41-24(2)36)33(39-21-27-16-10-5-11-17-27)31(38-20-26-14-8-4-9-15-26)30(42-28)22-37-19-25-12-6-3-7-13-25/h3-17,28-34H,18-22H2,1-2H3/t28-,29-,30-,31-,32+,33+,34-/m1/s1. The molecule has 5 rings (SSSR count). The molecule has 0 N–H and O–H groups in total. The van der Waals surface area contributed by atoms with E-state index in [4.69, 9.17) is 33.2 Å². The first-order chi connectivity index (χ1) is 21.0. The molecule has 0 unspecified atom stereocenters. The molecule has 228 valence electrons. The monoisotopic (exact) mass is 590 g/mol. The summed E-state index contributed by atoms with van der Waals surface area (Å²) in [4.78, 5) is 23.9. The van der Waals surface area contributed by atoms with Gasteiger partial charge in [-0.3, -0.25) is 9.59 Å². The van der Waals surface area contributed by atoms with Crippen molar-refractivity contribution in [1.82, 2.24) is 0 Å². The molecule has 7 atom stereocenters. The molecule has 2 aliphatic heterocycles. The van der Waals surface area contributed by atoms with Crippen molar-refractivity contribution in [3.05, 3.63) is 108 Å². The van der Waals surface area contributed by atoms with Crippen LogP contribution in [0.25, 0.3) is 0 Å². The number of carbonyl (C=O) groups excluding carboxylic acids is 2. The van der Waals surface area contributed by atoms with Crippen LogP contribution in [0.1, 0.15) is 37.0 Å². The van der Waals surface area contributed by atoms with E-state index in [1.807, 2.05) is 91.0 Å². The van der Waals surface area contributed by atoms with Crippen LogP contribution >= 0.6 is 0 Å². The normalized spacial score (nSPS) is 26.7. The minimum atomic E-state index is -1.12. The van der Waals surface area contributed by atoms with Crippen LogP contribution in [0.15, 0.2) is 91.0 Å². The highest BCUT2D eigenvalue weighted by molar-refractivity contribution is 5.67. The first-order valence-corrected chi connectivity index (χ1v) is 14.5. The zero-order chi connectivity index (χ0) is 30.0. The first kappa shape index (κ1) is 30.8. The van der Waals surface area contributed by atoms with Crippen LogP contribution in [-0.4, -0.2) is 61.5 Å². The van der Waals surface area contributed by atoms with Crippen LogP contribution in [0.4, 0.5) is 0 Å². The number of hydrogen-bond donors (Lipinski definition) is 0. The van der Waals surface area contributed by atoms with Gasteiger partial charge < -0.3 is 33.2 Å². The zero-order valence-electron chi connectivity index (χ0n) is 24.4. The summed E-state index contributed by atoms with van der Waals surface area (Å²) in [5.74, 6) is -1.06. The molecule has 0 bridgehead atoms. The lowest BCUT2D eigenvalue weighted by molar-refractivity contribution is -0.333. The van der Waals surface area contributed by atoms with Gasteiger partial charge in [-0.1, -0.05) is 91.0 Å². The van der Waals surface area contributed by atoms with Crippen LogP contribution in [0, 0.1) is 0 Å². The molecule has 9 nitrogen and oxygen atoms in total. The Bertz CT molecular complexity index is 1290. The molecule has 2 aliphatic rings. The van der Waals surface area contributed by atoms with Crippen LogP contribution < -0.4 is 0 Å². The van der Waals surface area contributed by atoms with E-state index in [9.17, 15) is 9.59 Å². The van der Waals surface area contributed by atoms with Gasteiger partial charge in [0.2, 0.25) is 6.29 Å². The second-order valence-electron chi connectivity index (χ2n) is 10.7. The maximum atomic E-state index is 12.0. The molecule has 0 spiro atoms. The van der Waals surface area contributed by atoms with Gasteiger partial charge in [0.15, 0.2) is 6.10 Å². The second kappa shape index (κ2) is 15.2. The summed E-state index contributed by atoms with van der Waals surface area (Å²) in [5.41, 5.74) is 3.01.